The lowest BCUT2D eigenvalue weighted by Gasteiger charge is -2.42. The number of carbonyl (C=O) groups is 4. The fourth-order valence-electron chi connectivity index (χ4n) is 3.20. The number of benzene rings is 1. The molecule has 1 aliphatic heterocycles. The maximum Gasteiger partial charge on any atom is 0.339 e. The number of rotatable bonds is 8. The number of nitrogens with zero attached hydrogens (tertiary/aromatic N) is 1. The molecule has 1 aromatic rings. The Labute approximate surface area is 192 Å². The van der Waals surface area contributed by atoms with Gasteiger partial charge in [0.15, 0.2) is 24.1 Å². The number of ether oxygens (including phenoxy) is 6. The smallest absolute Gasteiger partial charge is 0.339 e. The molecule has 0 aliphatic carbocycles. The molecule has 34 heavy (non-hydrogen) atoms. The second-order valence-corrected chi connectivity index (χ2v) is 7.01. The fraction of sp³-hybridized carbons (Fsp3) is 0.500. The van der Waals surface area contributed by atoms with Crippen molar-refractivity contribution in [3.05, 3.63) is 33.9 Å². The number of aliphatic hydroxyl groups excluding tert-OH is 1. The number of esters is 4. The second kappa shape index (κ2) is 11.4. The van der Waals surface area contributed by atoms with Gasteiger partial charge in [-0.15, -0.1) is 0 Å². The maximum atomic E-state index is 12.4. The van der Waals surface area contributed by atoms with E-state index in [4.69, 9.17) is 23.7 Å². The Morgan fingerprint density at radius 2 is 1.56 bits per heavy atom. The van der Waals surface area contributed by atoms with Gasteiger partial charge in [-0.3, -0.25) is 24.5 Å². The summed E-state index contributed by atoms with van der Waals surface area (Å²) in [6.07, 6.45) is -8.30. The molecule has 5 atom stereocenters. The topological polar surface area (TPSA) is 187 Å². The van der Waals surface area contributed by atoms with Crippen molar-refractivity contribution < 1.29 is 57.6 Å². The summed E-state index contributed by atoms with van der Waals surface area (Å²) < 4.78 is 31.3. The van der Waals surface area contributed by atoms with E-state index in [2.05, 4.69) is 4.74 Å². The minimum atomic E-state index is -1.75. The maximum absolute atomic E-state index is 12.4. The van der Waals surface area contributed by atoms with Crippen molar-refractivity contribution in [3.8, 4) is 5.75 Å². The van der Waals surface area contributed by atoms with Crippen LogP contribution in [0.15, 0.2) is 18.2 Å². The van der Waals surface area contributed by atoms with Crippen molar-refractivity contribution in [2.24, 2.45) is 0 Å². The molecule has 14 heteroatoms. The molecule has 0 aromatic heterocycles. The average molecular weight is 485 g/mol. The summed E-state index contributed by atoms with van der Waals surface area (Å²) in [7, 11) is 1.02. The molecule has 0 amide bonds. The third kappa shape index (κ3) is 6.39. The van der Waals surface area contributed by atoms with Crippen LogP contribution in [0, 0.1) is 10.1 Å². The van der Waals surface area contributed by atoms with Gasteiger partial charge in [-0.25, -0.2) is 4.79 Å². The standard InChI is InChI=1S/C20H23NO13/c1-9(23)30-15-16(31-10(2)24)18(32-11(3)25)20(34-17(15)19(26)29-4)33-14-6-5-12(8-22)7-13(14)21(27)28/h5-7,15-18,20,22H,8H2,1-4H3/t15-,16-,17-,18+,20+/m0/s1. The summed E-state index contributed by atoms with van der Waals surface area (Å²) in [5.41, 5.74) is -0.363. The molecule has 14 nitrogen and oxygen atoms in total. The molecule has 0 spiro atoms. The summed E-state index contributed by atoms with van der Waals surface area (Å²) in [5.74, 6) is -4.08. The Morgan fingerprint density at radius 3 is 2.06 bits per heavy atom. The largest absolute Gasteiger partial charge is 0.467 e. The van der Waals surface area contributed by atoms with Crippen LogP contribution in [-0.2, 0) is 49.5 Å². The second-order valence-electron chi connectivity index (χ2n) is 7.01. The van der Waals surface area contributed by atoms with Crippen LogP contribution in [0.1, 0.15) is 26.3 Å². The van der Waals surface area contributed by atoms with Gasteiger partial charge in [-0.05, 0) is 11.6 Å². The highest BCUT2D eigenvalue weighted by atomic mass is 16.7. The Balaban J connectivity index is 2.58. The van der Waals surface area contributed by atoms with Gasteiger partial charge in [0.2, 0.25) is 12.4 Å². The first-order chi connectivity index (χ1) is 16.0. The van der Waals surface area contributed by atoms with E-state index in [1.54, 1.807) is 0 Å². The molecule has 1 heterocycles. The molecule has 0 unspecified atom stereocenters. The van der Waals surface area contributed by atoms with Crippen LogP contribution in [0.5, 0.6) is 5.75 Å². The number of hydrogen-bond donors (Lipinski definition) is 1. The van der Waals surface area contributed by atoms with Crippen molar-refractivity contribution in [1.82, 2.24) is 0 Å². The van der Waals surface area contributed by atoms with Crippen molar-refractivity contribution in [2.45, 2.75) is 58.1 Å². The SMILES string of the molecule is COC(=O)[C@H]1O[C@@H](Oc2ccc(CO)cc2[N+](=O)[O-])[C@H](OC(C)=O)[C@@H](OC(C)=O)[C@@H]1OC(C)=O. The number of hydrogen-bond acceptors (Lipinski definition) is 13. The monoisotopic (exact) mass is 485 g/mol. The summed E-state index contributed by atoms with van der Waals surface area (Å²) in [4.78, 5) is 58.4. The van der Waals surface area contributed by atoms with Crippen LogP contribution in [0.3, 0.4) is 0 Å². The van der Waals surface area contributed by atoms with E-state index in [1.807, 2.05) is 0 Å². The van der Waals surface area contributed by atoms with E-state index in [9.17, 15) is 34.4 Å². The third-order valence-electron chi connectivity index (χ3n) is 4.48. The third-order valence-corrected chi connectivity index (χ3v) is 4.48. The van der Waals surface area contributed by atoms with Gasteiger partial charge < -0.3 is 33.5 Å². The van der Waals surface area contributed by atoms with Gasteiger partial charge in [-0.1, -0.05) is 6.07 Å². The van der Waals surface area contributed by atoms with Gasteiger partial charge in [0.05, 0.1) is 18.6 Å². The molecule has 0 radical (unpaired) electrons. The van der Waals surface area contributed by atoms with Crippen molar-refractivity contribution in [3.63, 3.8) is 0 Å². The van der Waals surface area contributed by atoms with Crippen LogP contribution >= 0.6 is 0 Å². The summed E-state index contributed by atoms with van der Waals surface area (Å²) in [6, 6.07) is 3.53. The summed E-state index contributed by atoms with van der Waals surface area (Å²) >= 11 is 0. The van der Waals surface area contributed by atoms with E-state index in [-0.39, 0.29) is 11.3 Å². The van der Waals surface area contributed by atoms with Gasteiger partial charge in [0.25, 0.3) is 0 Å². The molecule has 1 aliphatic rings. The molecule has 0 bridgehead atoms. The zero-order chi connectivity index (χ0) is 25.6. The quantitative estimate of drug-likeness (QED) is 0.227. The number of carbonyl (C=O) groups excluding carboxylic acids is 4. The number of nitro groups is 1. The number of nitro benzene ring substituents is 1. The van der Waals surface area contributed by atoms with E-state index in [0.717, 1.165) is 40.0 Å². The Bertz CT molecular complexity index is 962. The lowest BCUT2D eigenvalue weighted by Crippen LogP contribution is -2.64. The van der Waals surface area contributed by atoms with E-state index in [0.29, 0.717) is 0 Å². The summed E-state index contributed by atoms with van der Waals surface area (Å²) in [6.45, 7) is 2.58. The Morgan fingerprint density at radius 1 is 1.00 bits per heavy atom. The first kappa shape index (κ1) is 26.5. The van der Waals surface area contributed by atoms with Gasteiger partial charge in [-0.2, -0.15) is 0 Å². The Hall–Kier alpha value is -3.78. The van der Waals surface area contributed by atoms with Gasteiger partial charge in [0, 0.05) is 26.8 Å². The van der Waals surface area contributed by atoms with Crippen molar-refractivity contribution in [1.29, 1.82) is 0 Å². The van der Waals surface area contributed by atoms with Crippen LogP contribution in [0.25, 0.3) is 0 Å². The van der Waals surface area contributed by atoms with E-state index >= 15 is 0 Å². The minimum Gasteiger partial charge on any atom is -0.467 e. The lowest BCUT2D eigenvalue weighted by molar-refractivity contribution is -0.387. The summed E-state index contributed by atoms with van der Waals surface area (Å²) in [5, 5.41) is 20.8. The predicted octanol–water partition coefficient (Wildman–Crippen LogP) is 0.159. The average Bonchev–Trinajstić information content (AvgIpc) is 2.76. The predicted molar refractivity (Wildman–Crippen MR) is 107 cm³/mol. The normalized spacial score (nSPS) is 23.9. The zero-order valence-electron chi connectivity index (χ0n) is 18.6. The molecule has 1 aromatic carbocycles. The van der Waals surface area contributed by atoms with Gasteiger partial charge in [0.1, 0.15) is 0 Å². The van der Waals surface area contributed by atoms with Crippen molar-refractivity contribution in [2.75, 3.05) is 7.11 Å². The molecule has 2 rings (SSSR count). The van der Waals surface area contributed by atoms with Crippen LogP contribution in [0.4, 0.5) is 5.69 Å². The zero-order valence-corrected chi connectivity index (χ0v) is 18.6. The highest BCUT2D eigenvalue weighted by molar-refractivity contribution is 5.77. The van der Waals surface area contributed by atoms with E-state index in [1.165, 1.54) is 6.07 Å². The molecular formula is C20H23NO13. The molecule has 1 saturated heterocycles. The molecule has 1 N–H and O–H groups in total. The molecule has 0 saturated carbocycles. The van der Waals surface area contributed by atoms with Crippen LogP contribution in [-0.4, -0.2) is 71.7 Å². The Kier molecular flexibility index (Phi) is 8.86. The number of methoxy groups -OCH3 is 1. The fourth-order valence-corrected chi connectivity index (χ4v) is 3.20. The van der Waals surface area contributed by atoms with Gasteiger partial charge >= 0.3 is 29.6 Å². The molecule has 186 valence electrons. The van der Waals surface area contributed by atoms with E-state index < -0.39 is 71.8 Å². The molecule has 1 fully saturated rings. The van der Waals surface area contributed by atoms with Crippen LogP contribution in [0.2, 0.25) is 0 Å². The number of aliphatic hydroxyl groups is 1. The first-order valence-electron chi connectivity index (χ1n) is 9.78. The lowest BCUT2D eigenvalue weighted by atomic mass is 9.97. The highest BCUT2D eigenvalue weighted by Crippen LogP contribution is 2.35. The van der Waals surface area contributed by atoms with Crippen molar-refractivity contribution >= 4 is 29.6 Å². The minimum absolute atomic E-state index is 0.209. The first-order valence-corrected chi connectivity index (χ1v) is 9.78. The molecular weight excluding hydrogens is 462 g/mol. The highest BCUT2D eigenvalue weighted by Gasteiger charge is 2.56. The van der Waals surface area contributed by atoms with Crippen LogP contribution < -0.4 is 4.74 Å².